The minimum atomic E-state index is 0.469. The molecule has 1 heteroatoms. The van der Waals surface area contributed by atoms with E-state index in [1.54, 1.807) is 11.8 Å². The lowest BCUT2D eigenvalue weighted by molar-refractivity contribution is 1.29. The van der Waals surface area contributed by atoms with Crippen LogP contribution in [0.15, 0.2) is 0 Å². The summed E-state index contributed by atoms with van der Waals surface area (Å²) in [7, 11) is 0. The monoisotopic (exact) mass is 127 g/mol. The van der Waals surface area contributed by atoms with Crippen molar-refractivity contribution in [2.24, 2.45) is 0 Å². The molecule has 0 aromatic carbocycles. The molecule has 8 heavy (non-hydrogen) atoms. The van der Waals surface area contributed by atoms with E-state index < -0.39 is 0 Å². The van der Waals surface area contributed by atoms with Crippen molar-refractivity contribution in [2.75, 3.05) is 6.26 Å². The lowest BCUT2D eigenvalue weighted by atomic mass is 10.4. The SMILES string of the molecule is [CH2]CC#CC(C)SC. The van der Waals surface area contributed by atoms with Crippen LogP contribution in [0.4, 0.5) is 0 Å². The Morgan fingerprint density at radius 2 is 2.38 bits per heavy atom. The molecule has 0 aliphatic heterocycles. The second-order valence-corrected chi connectivity index (χ2v) is 2.63. The lowest BCUT2D eigenvalue weighted by Gasteiger charge is -1.92. The minimum Gasteiger partial charge on any atom is -0.149 e. The van der Waals surface area contributed by atoms with Crippen LogP contribution < -0.4 is 0 Å². The third-order valence-electron chi connectivity index (χ3n) is 0.784. The maximum Gasteiger partial charge on any atom is 0.0626 e. The van der Waals surface area contributed by atoms with Crippen LogP contribution in [0.5, 0.6) is 0 Å². The van der Waals surface area contributed by atoms with Gasteiger partial charge in [0.25, 0.3) is 0 Å². The van der Waals surface area contributed by atoms with E-state index in [0.717, 1.165) is 6.42 Å². The van der Waals surface area contributed by atoms with E-state index in [-0.39, 0.29) is 0 Å². The van der Waals surface area contributed by atoms with E-state index >= 15 is 0 Å². The van der Waals surface area contributed by atoms with E-state index in [1.807, 2.05) is 0 Å². The van der Waals surface area contributed by atoms with Crippen LogP contribution in [-0.4, -0.2) is 11.5 Å². The van der Waals surface area contributed by atoms with Gasteiger partial charge in [0, 0.05) is 6.42 Å². The highest BCUT2D eigenvalue weighted by Gasteiger charge is 1.86. The Bertz CT molecular complexity index is 96.7. The zero-order valence-corrected chi connectivity index (χ0v) is 6.22. The van der Waals surface area contributed by atoms with Gasteiger partial charge >= 0.3 is 0 Å². The third kappa shape index (κ3) is 4.08. The molecule has 0 aromatic heterocycles. The van der Waals surface area contributed by atoms with Gasteiger partial charge in [0.15, 0.2) is 0 Å². The van der Waals surface area contributed by atoms with Crippen molar-refractivity contribution in [2.45, 2.75) is 18.6 Å². The average Bonchev–Trinajstić information content (AvgIpc) is 1.83. The van der Waals surface area contributed by atoms with Gasteiger partial charge in [-0.1, -0.05) is 5.92 Å². The van der Waals surface area contributed by atoms with E-state index in [4.69, 9.17) is 0 Å². The van der Waals surface area contributed by atoms with Crippen molar-refractivity contribution in [1.29, 1.82) is 0 Å². The Balaban J connectivity index is 3.35. The standard InChI is InChI=1S/C7H11S/c1-4-5-6-7(2)8-3/h7H,1,4H2,2-3H3. The van der Waals surface area contributed by atoms with E-state index in [0.29, 0.717) is 5.25 Å². The predicted molar refractivity (Wildman–Crippen MR) is 40.7 cm³/mol. The van der Waals surface area contributed by atoms with Crippen LogP contribution in [0.1, 0.15) is 13.3 Å². The van der Waals surface area contributed by atoms with Crippen molar-refractivity contribution in [3.05, 3.63) is 6.92 Å². The molecule has 0 aromatic rings. The smallest absolute Gasteiger partial charge is 0.0626 e. The number of hydrogen-bond donors (Lipinski definition) is 0. The maximum atomic E-state index is 3.61. The molecule has 0 bridgehead atoms. The van der Waals surface area contributed by atoms with Gasteiger partial charge in [-0.2, -0.15) is 0 Å². The molecule has 1 atom stereocenters. The van der Waals surface area contributed by atoms with Crippen molar-refractivity contribution in [3.8, 4) is 11.8 Å². The summed E-state index contributed by atoms with van der Waals surface area (Å²) < 4.78 is 0. The molecular weight excluding hydrogens is 116 g/mol. The highest BCUT2D eigenvalue weighted by atomic mass is 32.2. The summed E-state index contributed by atoms with van der Waals surface area (Å²) in [6.07, 6.45) is 2.79. The molecule has 0 saturated heterocycles. The van der Waals surface area contributed by atoms with Gasteiger partial charge in [-0.05, 0) is 20.1 Å². The van der Waals surface area contributed by atoms with Crippen LogP contribution in [0.25, 0.3) is 0 Å². The summed E-state index contributed by atoms with van der Waals surface area (Å²) in [5.74, 6) is 5.95. The van der Waals surface area contributed by atoms with Gasteiger partial charge in [0.1, 0.15) is 0 Å². The number of hydrogen-bond acceptors (Lipinski definition) is 1. The van der Waals surface area contributed by atoms with Gasteiger partial charge in [-0.15, -0.1) is 17.7 Å². The molecular formula is C7H11S. The first kappa shape index (κ1) is 7.91. The van der Waals surface area contributed by atoms with Gasteiger partial charge in [0.05, 0.1) is 5.25 Å². The first-order chi connectivity index (χ1) is 3.81. The Kier molecular flexibility index (Phi) is 5.00. The molecule has 0 saturated carbocycles. The van der Waals surface area contributed by atoms with Crippen LogP contribution in [-0.2, 0) is 0 Å². The maximum absolute atomic E-state index is 3.61. The summed E-state index contributed by atoms with van der Waals surface area (Å²) in [6.45, 7) is 5.70. The van der Waals surface area contributed by atoms with Crippen LogP contribution in [0, 0.1) is 18.8 Å². The first-order valence-electron chi connectivity index (χ1n) is 2.61. The minimum absolute atomic E-state index is 0.469. The fraction of sp³-hybridized carbons (Fsp3) is 0.571. The molecule has 1 radical (unpaired) electrons. The van der Waals surface area contributed by atoms with Crippen molar-refractivity contribution in [3.63, 3.8) is 0 Å². The molecule has 0 amide bonds. The second-order valence-electron chi connectivity index (χ2n) is 1.45. The number of rotatable bonds is 1. The van der Waals surface area contributed by atoms with Crippen LogP contribution in [0.2, 0.25) is 0 Å². The third-order valence-corrected chi connectivity index (χ3v) is 1.61. The normalized spacial score (nSPS) is 11.9. The summed E-state index contributed by atoms with van der Waals surface area (Å²) in [5.41, 5.74) is 0. The van der Waals surface area contributed by atoms with E-state index in [2.05, 4.69) is 31.9 Å². The van der Waals surface area contributed by atoms with Gasteiger partial charge < -0.3 is 0 Å². The van der Waals surface area contributed by atoms with Crippen molar-refractivity contribution in [1.82, 2.24) is 0 Å². The molecule has 45 valence electrons. The zero-order valence-electron chi connectivity index (χ0n) is 5.40. The fourth-order valence-electron chi connectivity index (χ4n) is 0.275. The zero-order chi connectivity index (χ0) is 6.41. The van der Waals surface area contributed by atoms with Gasteiger partial charge in [-0.3, -0.25) is 0 Å². The topological polar surface area (TPSA) is 0 Å². The molecule has 0 spiro atoms. The molecule has 0 nitrogen and oxygen atoms in total. The predicted octanol–water partition coefficient (Wildman–Crippen LogP) is 1.97. The summed E-state index contributed by atoms with van der Waals surface area (Å²) in [4.78, 5) is 0. The van der Waals surface area contributed by atoms with E-state index in [1.165, 1.54) is 0 Å². The molecule has 0 aliphatic rings. The molecule has 1 unspecified atom stereocenters. The van der Waals surface area contributed by atoms with Gasteiger partial charge in [-0.25, -0.2) is 0 Å². The van der Waals surface area contributed by atoms with Crippen molar-refractivity contribution >= 4 is 11.8 Å². The first-order valence-corrected chi connectivity index (χ1v) is 3.90. The van der Waals surface area contributed by atoms with E-state index in [9.17, 15) is 0 Å². The van der Waals surface area contributed by atoms with Crippen LogP contribution >= 0.6 is 11.8 Å². The second kappa shape index (κ2) is 5.05. The molecule has 0 N–H and O–H groups in total. The average molecular weight is 127 g/mol. The number of thioether (sulfide) groups is 1. The quantitative estimate of drug-likeness (QED) is 0.485. The van der Waals surface area contributed by atoms with Crippen molar-refractivity contribution < 1.29 is 0 Å². The highest BCUT2D eigenvalue weighted by Crippen LogP contribution is 2.01. The van der Waals surface area contributed by atoms with Gasteiger partial charge in [0.2, 0.25) is 0 Å². The summed E-state index contributed by atoms with van der Waals surface area (Å²) in [5, 5.41) is 0.469. The lowest BCUT2D eigenvalue weighted by Crippen LogP contribution is -1.86. The van der Waals surface area contributed by atoms with Crippen LogP contribution in [0.3, 0.4) is 0 Å². The summed E-state index contributed by atoms with van der Waals surface area (Å²) in [6, 6.07) is 0. The largest absolute Gasteiger partial charge is 0.149 e. The molecule has 0 fully saturated rings. The fourth-order valence-corrected chi connectivity index (χ4v) is 0.476. The Labute approximate surface area is 56.1 Å². The Morgan fingerprint density at radius 3 is 2.75 bits per heavy atom. The molecule has 0 rings (SSSR count). The Hall–Kier alpha value is -0.0900. The Morgan fingerprint density at radius 1 is 1.75 bits per heavy atom. The highest BCUT2D eigenvalue weighted by molar-refractivity contribution is 7.99. The molecule has 0 aliphatic carbocycles. The summed E-state index contributed by atoms with van der Waals surface area (Å²) >= 11 is 1.76. The molecule has 0 heterocycles.